The van der Waals surface area contributed by atoms with Gasteiger partial charge in [0.25, 0.3) is 5.91 Å². The van der Waals surface area contributed by atoms with Gasteiger partial charge in [-0.05, 0) is 11.6 Å². The molecule has 15 heavy (non-hydrogen) atoms. The minimum atomic E-state index is -0.544. The van der Waals surface area contributed by atoms with E-state index < -0.39 is 5.91 Å². The number of nitrogens with two attached hydrogens (primary N) is 1. The summed E-state index contributed by atoms with van der Waals surface area (Å²) in [5, 5.41) is 0. The Balaban J connectivity index is 2.32. The van der Waals surface area contributed by atoms with Crippen molar-refractivity contribution in [3.63, 3.8) is 0 Å². The van der Waals surface area contributed by atoms with Crippen LogP contribution >= 0.6 is 0 Å². The first-order valence-electron chi connectivity index (χ1n) is 4.39. The van der Waals surface area contributed by atoms with Crippen molar-refractivity contribution in [1.29, 1.82) is 0 Å². The molecule has 2 aromatic rings. The highest BCUT2D eigenvalue weighted by atomic mass is 16.3. The number of carbonyl (C=O) groups is 1. The zero-order chi connectivity index (χ0) is 10.7. The fourth-order valence-corrected chi connectivity index (χ4v) is 1.31. The first-order chi connectivity index (χ1) is 7.27. The molecule has 5 nitrogen and oxygen atoms in total. The van der Waals surface area contributed by atoms with Crippen LogP contribution in [0.1, 0.15) is 21.9 Å². The molecule has 76 valence electrons. The number of nitrogens with zero attached hydrogens (tertiary/aromatic N) is 2. The molecule has 0 saturated carbocycles. The fourth-order valence-electron chi connectivity index (χ4n) is 1.31. The molecule has 2 rings (SSSR count). The van der Waals surface area contributed by atoms with Gasteiger partial charge in [-0.15, -0.1) is 0 Å². The predicted molar refractivity (Wildman–Crippen MR) is 52.1 cm³/mol. The largest absolute Gasteiger partial charge is 0.449 e. The summed E-state index contributed by atoms with van der Waals surface area (Å²) in [6.07, 6.45) is 4.98. The number of primary amides is 1. The van der Waals surface area contributed by atoms with Crippen LogP contribution in [0.2, 0.25) is 0 Å². The van der Waals surface area contributed by atoms with E-state index in [1.807, 2.05) is 0 Å². The number of amides is 1. The molecule has 0 unspecified atom stereocenters. The summed E-state index contributed by atoms with van der Waals surface area (Å²) in [6, 6.07) is 3.52. The molecule has 0 bridgehead atoms. The summed E-state index contributed by atoms with van der Waals surface area (Å²) < 4.78 is 5.08. The van der Waals surface area contributed by atoms with Gasteiger partial charge in [-0.25, -0.2) is 4.98 Å². The van der Waals surface area contributed by atoms with Gasteiger partial charge >= 0.3 is 0 Å². The van der Waals surface area contributed by atoms with Gasteiger partial charge in [0, 0.05) is 6.20 Å². The monoisotopic (exact) mass is 203 g/mol. The van der Waals surface area contributed by atoms with Gasteiger partial charge in [0.2, 0.25) is 0 Å². The second-order valence-electron chi connectivity index (χ2n) is 2.98. The Labute approximate surface area is 86.0 Å². The van der Waals surface area contributed by atoms with Crippen LogP contribution in [0.4, 0.5) is 0 Å². The molecule has 0 aromatic carbocycles. The highest BCUT2D eigenvalue weighted by Gasteiger charge is 2.10. The number of carbonyl (C=O) groups excluding carboxylic acids is 1. The summed E-state index contributed by atoms with van der Waals surface area (Å²) in [5.41, 5.74) is 6.17. The molecule has 1 amide bonds. The topological polar surface area (TPSA) is 82.0 Å². The summed E-state index contributed by atoms with van der Waals surface area (Å²) in [4.78, 5) is 18.9. The number of oxazole rings is 1. The molecule has 0 fully saturated rings. The van der Waals surface area contributed by atoms with Crippen molar-refractivity contribution in [1.82, 2.24) is 9.97 Å². The molecule has 2 N–H and O–H groups in total. The third-order valence-electron chi connectivity index (χ3n) is 1.95. The molecule has 2 heterocycles. The average molecular weight is 203 g/mol. The maximum Gasteiger partial charge on any atom is 0.267 e. The quantitative estimate of drug-likeness (QED) is 0.798. The lowest BCUT2D eigenvalue weighted by Gasteiger charge is -2.02. The fraction of sp³-hybridized carbons (Fsp3) is 0.100. The molecule has 0 spiro atoms. The Morgan fingerprint density at radius 3 is 2.93 bits per heavy atom. The minimum absolute atomic E-state index is 0.260. The molecular formula is C10H9N3O2. The number of aromatic nitrogens is 2. The molecule has 5 heteroatoms. The zero-order valence-electron chi connectivity index (χ0n) is 7.88. The Bertz CT molecular complexity index is 465. The Kier molecular flexibility index (Phi) is 2.45. The smallest absolute Gasteiger partial charge is 0.267 e. The molecule has 0 radical (unpaired) electrons. The number of pyridine rings is 1. The molecule has 0 aliphatic carbocycles. The molecule has 0 atom stereocenters. The summed E-state index contributed by atoms with van der Waals surface area (Å²) in [6.45, 7) is 0. The van der Waals surface area contributed by atoms with Gasteiger partial charge in [0.1, 0.15) is 12.0 Å². The van der Waals surface area contributed by atoms with Crippen LogP contribution in [0.15, 0.2) is 35.2 Å². The Morgan fingerprint density at radius 1 is 1.40 bits per heavy atom. The molecule has 0 saturated heterocycles. The molecule has 0 aliphatic rings. The van der Waals surface area contributed by atoms with E-state index in [1.165, 1.54) is 12.5 Å². The van der Waals surface area contributed by atoms with Crippen LogP contribution in [0.5, 0.6) is 0 Å². The first-order valence-corrected chi connectivity index (χ1v) is 4.39. The minimum Gasteiger partial charge on any atom is -0.449 e. The second-order valence-corrected chi connectivity index (χ2v) is 2.98. The van der Waals surface area contributed by atoms with E-state index in [0.717, 1.165) is 0 Å². The van der Waals surface area contributed by atoms with E-state index in [1.54, 1.807) is 18.3 Å². The van der Waals surface area contributed by atoms with Gasteiger partial charge in [-0.2, -0.15) is 0 Å². The Morgan fingerprint density at radius 2 is 2.27 bits per heavy atom. The lowest BCUT2D eigenvalue weighted by atomic mass is 10.1. The van der Waals surface area contributed by atoms with Crippen molar-refractivity contribution < 1.29 is 9.21 Å². The third-order valence-corrected chi connectivity index (χ3v) is 1.95. The lowest BCUT2D eigenvalue weighted by Crippen LogP contribution is -2.15. The van der Waals surface area contributed by atoms with Gasteiger partial charge in [-0.3, -0.25) is 9.78 Å². The number of hydrogen-bond acceptors (Lipinski definition) is 4. The van der Waals surface area contributed by atoms with Gasteiger partial charge in [0.15, 0.2) is 5.89 Å². The van der Waals surface area contributed by atoms with E-state index in [9.17, 15) is 4.79 Å². The maximum atomic E-state index is 11.1. The average Bonchev–Trinajstić information content (AvgIpc) is 2.71. The van der Waals surface area contributed by atoms with Crippen LogP contribution in [-0.4, -0.2) is 15.9 Å². The van der Waals surface area contributed by atoms with E-state index in [-0.39, 0.29) is 5.69 Å². The van der Waals surface area contributed by atoms with Crippen LogP contribution < -0.4 is 5.73 Å². The van der Waals surface area contributed by atoms with Crippen LogP contribution in [0, 0.1) is 0 Å². The standard InChI is InChI=1S/C10H9N3O2/c11-10(14)9-7(2-1-3-13-9)6-8-12-4-5-15-8/h1-5H,6H2,(H2,11,14). The predicted octanol–water partition coefficient (Wildman–Crippen LogP) is 0.759. The highest BCUT2D eigenvalue weighted by molar-refractivity contribution is 5.92. The van der Waals surface area contributed by atoms with Crippen molar-refractivity contribution >= 4 is 5.91 Å². The molecule has 0 aliphatic heterocycles. The zero-order valence-corrected chi connectivity index (χ0v) is 7.88. The van der Waals surface area contributed by atoms with Crippen molar-refractivity contribution in [3.05, 3.63) is 47.9 Å². The first kappa shape index (κ1) is 9.39. The molecular weight excluding hydrogens is 194 g/mol. The van der Waals surface area contributed by atoms with Gasteiger partial charge in [-0.1, -0.05) is 6.07 Å². The van der Waals surface area contributed by atoms with E-state index in [4.69, 9.17) is 10.2 Å². The van der Waals surface area contributed by atoms with Crippen molar-refractivity contribution in [2.45, 2.75) is 6.42 Å². The summed E-state index contributed by atoms with van der Waals surface area (Å²) in [7, 11) is 0. The highest BCUT2D eigenvalue weighted by Crippen LogP contribution is 2.10. The summed E-state index contributed by atoms with van der Waals surface area (Å²) >= 11 is 0. The van der Waals surface area contributed by atoms with E-state index >= 15 is 0 Å². The van der Waals surface area contributed by atoms with Gasteiger partial charge < -0.3 is 10.2 Å². The van der Waals surface area contributed by atoms with Gasteiger partial charge in [0.05, 0.1) is 12.6 Å². The lowest BCUT2D eigenvalue weighted by molar-refractivity contribution is 0.0994. The Hall–Kier alpha value is -2.17. The second kappa shape index (κ2) is 3.91. The summed E-state index contributed by atoms with van der Waals surface area (Å²) in [5.74, 6) is -0.0114. The van der Waals surface area contributed by atoms with Crippen LogP contribution in [0.25, 0.3) is 0 Å². The number of hydrogen-bond donors (Lipinski definition) is 1. The SMILES string of the molecule is NC(=O)c1ncccc1Cc1ncco1. The van der Waals surface area contributed by atoms with Crippen molar-refractivity contribution in [2.75, 3.05) is 0 Å². The maximum absolute atomic E-state index is 11.1. The van der Waals surface area contributed by atoms with Crippen LogP contribution in [-0.2, 0) is 6.42 Å². The van der Waals surface area contributed by atoms with Crippen molar-refractivity contribution in [2.24, 2.45) is 5.73 Å². The number of rotatable bonds is 3. The van der Waals surface area contributed by atoms with Crippen molar-refractivity contribution in [3.8, 4) is 0 Å². The van der Waals surface area contributed by atoms with E-state index in [2.05, 4.69) is 9.97 Å². The van der Waals surface area contributed by atoms with E-state index in [0.29, 0.717) is 17.9 Å². The normalized spacial score (nSPS) is 10.1. The van der Waals surface area contributed by atoms with Crippen LogP contribution in [0.3, 0.4) is 0 Å². The molecule has 2 aromatic heterocycles. The third kappa shape index (κ3) is 2.01.